The van der Waals surface area contributed by atoms with Crippen LogP contribution >= 0.6 is 0 Å². The van der Waals surface area contributed by atoms with Crippen LogP contribution < -0.4 is 15.5 Å². The first-order valence-corrected chi connectivity index (χ1v) is 9.63. The number of halogens is 3. The molecule has 7 nitrogen and oxygen atoms in total. The van der Waals surface area contributed by atoms with Gasteiger partial charge in [-0.05, 0) is 31.0 Å². The Kier molecular flexibility index (Phi) is 5.47. The third-order valence-corrected chi connectivity index (χ3v) is 5.07. The number of para-hydroxylation sites is 1. The molecule has 0 radical (unpaired) electrons. The quantitative estimate of drug-likeness (QED) is 0.593. The van der Waals surface area contributed by atoms with E-state index in [1.807, 2.05) is 11.0 Å². The number of carbonyl (C=O) groups is 1. The van der Waals surface area contributed by atoms with Crippen LogP contribution in [0.15, 0.2) is 48.9 Å². The number of anilines is 2. The molecule has 0 aliphatic carbocycles. The third-order valence-electron chi connectivity index (χ3n) is 5.07. The van der Waals surface area contributed by atoms with Gasteiger partial charge in [0, 0.05) is 31.0 Å². The zero-order valence-corrected chi connectivity index (χ0v) is 16.0. The van der Waals surface area contributed by atoms with Crippen molar-refractivity contribution in [3.8, 4) is 0 Å². The Bertz CT molecular complexity index is 1010. The Morgan fingerprint density at radius 3 is 2.77 bits per heavy atom. The van der Waals surface area contributed by atoms with Crippen LogP contribution in [0.25, 0.3) is 11.0 Å². The van der Waals surface area contributed by atoms with E-state index in [0.29, 0.717) is 31.0 Å². The number of rotatable bonds is 5. The zero-order valence-electron chi connectivity index (χ0n) is 16.0. The molecule has 0 saturated carbocycles. The van der Waals surface area contributed by atoms with Crippen molar-refractivity contribution in [2.45, 2.75) is 31.1 Å². The van der Waals surface area contributed by atoms with E-state index in [4.69, 9.17) is 0 Å². The highest BCUT2D eigenvalue weighted by Gasteiger charge is 2.45. The average Bonchev–Trinajstić information content (AvgIpc) is 3.21. The van der Waals surface area contributed by atoms with Gasteiger partial charge in [0.1, 0.15) is 17.8 Å². The Balaban J connectivity index is 1.47. The molecule has 3 aromatic rings. The molecule has 1 aromatic carbocycles. The molecule has 1 aliphatic rings. The van der Waals surface area contributed by atoms with Crippen LogP contribution in [0.1, 0.15) is 12.8 Å². The molecule has 0 bridgehead atoms. The molecule has 1 aliphatic heterocycles. The van der Waals surface area contributed by atoms with Crippen molar-refractivity contribution in [3.05, 3.63) is 48.9 Å². The smallest absolute Gasteiger partial charge is 0.366 e. The Labute approximate surface area is 170 Å². The van der Waals surface area contributed by atoms with Gasteiger partial charge < -0.3 is 20.5 Å². The second-order valence-electron chi connectivity index (χ2n) is 7.22. The summed E-state index contributed by atoms with van der Waals surface area (Å²) in [6.45, 7) is 1.08. The summed E-state index contributed by atoms with van der Waals surface area (Å²) < 4.78 is 40.6. The number of hydrogen-bond donors (Lipinski definition) is 3. The van der Waals surface area contributed by atoms with Crippen molar-refractivity contribution >= 4 is 28.4 Å². The summed E-state index contributed by atoms with van der Waals surface area (Å²) in [4.78, 5) is 26.0. The fraction of sp³-hybridized carbons (Fsp3) is 0.350. The van der Waals surface area contributed by atoms with Crippen LogP contribution in [-0.4, -0.2) is 52.2 Å². The van der Waals surface area contributed by atoms with Crippen molar-refractivity contribution in [1.82, 2.24) is 20.3 Å². The highest BCUT2D eigenvalue weighted by molar-refractivity contribution is 5.88. The lowest BCUT2D eigenvalue weighted by Gasteiger charge is -2.35. The molecular formula is C20H21F3N6O. The maximum atomic E-state index is 13.5. The molecule has 30 heavy (non-hydrogen) atoms. The summed E-state index contributed by atoms with van der Waals surface area (Å²) in [5.74, 6) is -0.386. The van der Waals surface area contributed by atoms with Crippen LogP contribution in [0.5, 0.6) is 0 Å². The molecule has 2 atom stereocenters. The first kappa shape index (κ1) is 20.0. The standard InChI is InChI=1S/C20H21F3N6O/c21-20(22,23)16(27-13-5-2-1-3-6-13)19(30)28-14-7-4-10-29(11-14)18-15-8-9-24-17(15)25-12-26-18/h1-3,5-6,8-9,12,14,16,27H,4,7,10-11H2,(H,28,30)(H,24,25,26)/t14-,16?/m1/s1. The monoisotopic (exact) mass is 418 g/mol. The van der Waals surface area contributed by atoms with E-state index in [9.17, 15) is 18.0 Å². The third kappa shape index (κ3) is 4.32. The lowest BCUT2D eigenvalue weighted by Crippen LogP contribution is -2.55. The second kappa shape index (κ2) is 8.21. The van der Waals surface area contributed by atoms with Crippen LogP contribution in [0.3, 0.4) is 0 Å². The van der Waals surface area contributed by atoms with E-state index >= 15 is 0 Å². The molecule has 1 amide bonds. The number of H-pyrrole nitrogens is 1. The minimum absolute atomic E-state index is 0.232. The highest BCUT2D eigenvalue weighted by atomic mass is 19.4. The van der Waals surface area contributed by atoms with E-state index in [2.05, 4.69) is 25.6 Å². The number of amides is 1. The number of nitrogens with one attached hydrogen (secondary N) is 3. The molecule has 10 heteroatoms. The van der Waals surface area contributed by atoms with Gasteiger partial charge >= 0.3 is 6.18 Å². The van der Waals surface area contributed by atoms with Crippen LogP contribution in [0.4, 0.5) is 24.7 Å². The minimum atomic E-state index is -4.72. The number of fused-ring (bicyclic) bond motifs is 1. The highest BCUT2D eigenvalue weighted by Crippen LogP contribution is 2.27. The van der Waals surface area contributed by atoms with E-state index in [-0.39, 0.29) is 5.69 Å². The number of aromatic amines is 1. The Hall–Kier alpha value is -3.30. The molecule has 0 spiro atoms. The van der Waals surface area contributed by atoms with E-state index in [1.54, 1.807) is 24.4 Å². The summed E-state index contributed by atoms with van der Waals surface area (Å²) in [5, 5.41) is 5.71. The van der Waals surface area contributed by atoms with Crippen LogP contribution in [-0.2, 0) is 4.79 Å². The molecule has 2 aromatic heterocycles. The van der Waals surface area contributed by atoms with Crippen molar-refractivity contribution in [2.24, 2.45) is 0 Å². The second-order valence-corrected chi connectivity index (χ2v) is 7.22. The molecule has 1 fully saturated rings. The average molecular weight is 418 g/mol. The van der Waals surface area contributed by atoms with E-state index in [1.165, 1.54) is 18.5 Å². The normalized spacial score (nSPS) is 18.2. The number of hydrogen-bond acceptors (Lipinski definition) is 5. The van der Waals surface area contributed by atoms with Gasteiger partial charge in [-0.1, -0.05) is 18.2 Å². The van der Waals surface area contributed by atoms with Gasteiger partial charge in [-0.3, -0.25) is 4.79 Å². The van der Waals surface area contributed by atoms with E-state index in [0.717, 1.165) is 11.8 Å². The maximum Gasteiger partial charge on any atom is 0.417 e. The zero-order chi connectivity index (χ0) is 21.1. The van der Waals surface area contributed by atoms with Crippen molar-refractivity contribution < 1.29 is 18.0 Å². The number of piperidine rings is 1. The van der Waals surface area contributed by atoms with Gasteiger partial charge in [0.25, 0.3) is 5.91 Å². The predicted molar refractivity (Wildman–Crippen MR) is 107 cm³/mol. The van der Waals surface area contributed by atoms with Crippen molar-refractivity contribution in [2.75, 3.05) is 23.3 Å². The van der Waals surface area contributed by atoms with Gasteiger partial charge in [0.2, 0.25) is 6.04 Å². The van der Waals surface area contributed by atoms with Gasteiger partial charge in [0.05, 0.1) is 5.39 Å². The van der Waals surface area contributed by atoms with Crippen LogP contribution in [0.2, 0.25) is 0 Å². The first-order chi connectivity index (χ1) is 14.4. The van der Waals surface area contributed by atoms with E-state index < -0.39 is 24.2 Å². The largest absolute Gasteiger partial charge is 0.417 e. The topological polar surface area (TPSA) is 85.9 Å². The molecule has 158 valence electrons. The molecule has 3 heterocycles. The summed E-state index contributed by atoms with van der Waals surface area (Å²) in [6.07, 6.45) is -0.198. The number of alkyl halides is 3. The SMILES string of the molecule is O=C(N[C@@H]1CCCN(c2ncnc3[nH]ccc23)C1)C(Nc1ccccc1)C(F)(F)F. The Morgan fingerprint density at radius 2 is 2.00 bits per heavy atom. The van der Waals surface area contributed by atoms with Gasteiger partial charge in [0.15, 0.2) is 0 Å². The van der Waals surface area contributed by atoms with Gasteiger partial charge in [-0.2, -0.15) is 13.2 Å². The van der Waals surface area contributed by atoms with Crippen LogP contribution in [0, 0.1) is 0 Å². The molecule has 3 N–H and O–H groups in total. The maximum absolute atomic E-state index is 13.5. The number of nitrogens with zero attached hydrogens (tertiary/aromatic N) is 3. The van der Waals surface area contributed by atoms with Crippen molar-refractivity contribution in [1.29, 1.82) is 0 Å². The molecule has 4 rings (SSSR count). The summed E-state index contributed by atoms with van der Waals surface area (Å²) >= 11 is 0. The van der Waals surface area contributed by atoms with Crippen molar-refractivity contribution in [3.63, 3.8) is 0 Å². The molecular weight excluding hydrogens is 397 g/mol. The fourth-order valence-electron chi connectivity index (χ4n) is 3.68. The minimum Gasteiger partial charge on any atom is -0.366 e. The number of benzene rings is 1. The first-order valence-electron chi connectivity index (χ1n) is 9.63. The predicted octanol–water partition coefficient (Wildman–Crippen LogP) is 3.09. The Morgan fingerprint density at radius 1 is 1.20 bits per heavy atom. The van der Waals surface area contributed by atoms with Gasteiger partial charge in [-0.15, -0.1) is 0 Å². The lowest BCUT2D eigenvalue weighted by molar-refractivity contribution is -0.159. The lowest BCUT2D eigenvalue weighted by atomic mass is 10.0. The fourth-order valence-corrected chi connectivity index (χ4v) is 3.68. The summed E-state index contributed by atoms with van der Waals surface area (Å²) in [5.41, 5.74) is 0.923. The number of carbonyl (C=O) groups excluding carboxylic acids is 1. The summed E-state index contributed by atoms with van der Waals surface area (Å²) in [7, 11) is 0. The number of aromatic nitrogens is 3. The molecule has 1 saturated heterocycles. The molecule has 1 unspecified atom stereocenters. The van der Waals surface area contributed by atoms with Gasteiger partial charge in [-0.25, -0.2) is 9.97 Å². The summed E-state index contributed by atoms with van der Waals surface area (Å²) in [6, 6.07) is 7.00.